The average molecular weight is 435 g/mol. The molecule has 0 unspecified atom stereocenters. The molecule has 0 radical (unpaired) electrons. The maximum Gasteiger partial charge on any atom is 0.280 e. The number of likely N-dealkylation sites (N-methyl/N-ethyl adjacent to an activating group) is 1. The van der Waals surface area contributed by atoms with Gasteiger partial charge in [0.15, 0.2) is 0 Å². The molecule has 2 aliphatic rings. The van der Waals surface area contributed by atoms with Gasteiger partial charge in [-0.15, -0.1) is 11.3 Å². The van der Waals surface area contributed by atoms with Crippen molar-refractivity contribution in [2.75, 3.05) is 12.4 Å². The maximum atomic E-state index is 13.1. The van der Waals surface area contributed by atoms with E-state index in [1.165, 1.54) is 18.4 Å². The largest absolute Gasteiger partial charge is 0.315 e. The van der Waals surface area contributed by atoms with Gasteiger partial charge in [0.1, 0.15) is 17.1 Å². The number of aryl methyl sites for hydroxylation is 2. The summed E-state index contributed by atoms with van der Waals surface area (Å²) in [5, 5.41) is 17.1. The summed E-state index contributed by atoms with van der Waals surface area (Å²) in [4.78, 5) is 14.2. The van der Waals surface area contributed by atoms with E-state index in [4.69, 9.17) is 0 Å². The fourth-order valence-corrected chi connectivity index (χ4v) is 6.48. The summed E-state index contributed by atoms with van der Waals surface area (Å²) in [7, 11) is -0.670. The van der Waals surface area contributed by atoms with Crippen molar-refractivity contribution in [1.82, 2.24) is 18.8 Å². The Morgan fingerprint density at radius 2 is 2.17 bits per heavy atom. The van der Waals surface area contributed by atoms with Crippen molar-refractivity contribution < 1.29 is 13.2 Å². The third kappa shape index (κ3) is 3.36. The summed E-state index contributed by atoms with van der Waals surface area (Å²) in [5.74, 6) is -0.430. The lowest BCUT2D eigenvalue weighted by Crippen LogP contribution is -2.56. The van der Waals surface area contributed by atoms with Gasteiger partial charge < -0.3 is 5.32 Å². The molecule has 2 atom stereocenters. The smallest absolute Gasteiger partial charge is 0.280 e. The molecule has 4 rings (SSSR count). The van der Waals surface area contributed by atoms with Crippen molar-refractivity contribution in [3.63, 3.8) is 0 Å². The van der Waals surface area contributed by atoms with E-state index in [-0.39, 0.29) is 6.42 Å². The molecule has 0 saturated carbocycles. The van der Waals surface area contributed by atoms with Crippen LogP contribution in [0.15, 0.2) is 6.20 Å². The van der Waals surface area contributed by atoms with Gasteiger partial charge >= 0.3 is 0 Å². The number of carbonyl (C=O) groups is 1. The minimum atomic E-state index is -3.84. The number of amides is 1. The van der Waals surface area contributed by atoms with E-state index in [0.717, 1.165) is 45.3 Å². The number of nitrogens with one attached hydrogen (secondary N) is 2. The molecule has 1 amide bonds. The fraction of sp³-hybridized carbons (Fsp3) is 0.500. The van der Waals surface area contributed by atoms with Crippen molar-refractivity contribution in [2.45, 2.75) is 44.7 Å². The van der Waals surface area contributed by atoms with Gasteiger partial charge in [-0.05, 0) is 38.2 Å². The number of carbonyl (C=O) groups excluding carboxylic acids is 1. The zero-order valence-electron chi connectivity index (χ0n) is 16.4. The number of nitriles is 1. The fourth-order valence-electron chi connectivity index (χ4n) is 3.98. The predicted molar refractivity (Wildman–Crippen MR) is 109 cm³/mol. The van der Waals surface area contributed by atoms with E-state index < -0.39 is 28.2 Å². The zero-order valence-corrected chi connectivity index (χ0v) is 18.0. The molecule has 154 valence electrons. The Morgan fingerprint density at radius 3 is 2.83 bits per heavy atom. The first-order chi connectivity index (χ1) is 13.7. The van der Waals surface area contributed by atoms with Crippen LogP contribution in [-0.2, 0) is 34.9 Å². The van der Waals surface area contributed by atoms with Crippen LogP contribution in [0.5, 0.6) is 0 Å². The number of aromatic nitrogens is 2. The lowest BCUT2D eigenvalue weighted by molar-refractivity contribution is -0.120. The van der Waals surface area contributed by atoms with Crippen molar-refractivity contribution in [2.24, 2.45) is 7.05 Å². The average Bonchev–Trinajstić information content (AvgIpc) is 3.33. The first-order valence-corrected chi connectivity index (χ1v) is 11.6. The molecular weight excluding hydrogens is 412 g/mol. The number of fused-ring (bicyclic) bond motifs is 1. The van der Waals surface area contributed by atoms with E-state index in [2.05, 4.69) is 21.2 Å². The van der Waals surface area contributed by atoms with E-state index in [9.17, 15) is 18.5 Å². The van der Waals surface area contributed by atoms with Gasteiger partial charge in [0.25, 0.3) is 10.2 Å². The van der Waals surface area contributed by atoms with Gasteiger partial charge in [-0.2, -0.15) is 27.8 Å². The van der Waals surface area contributed by atoms with Gasteiger partial charge in [-0.1, -0.05) is 0 Å². The topological polar surface area (TPSA) is 120 Å². The first-order valence-electron chi connectivity index (χ1n) is 9.32. The van der Waals surface area contributed by atoms with Crippen molar-refractivity contribution in [3.05, 3.63) is 33.5 Å². The second-order valence-electron chi connectivity index (χ2n) is 7.41. The Bertz CT molecular complexity index is 1130. The molecule has 11 heteroatoms. The Labute approximate surface area is 173 Å². The summed E-state index contributed by atoms with van der Waals surface area (Å²) in [6.45, 7) is 1.86. The Hall–Kier alpha value is -2.26. The summed E-state index contributed by atoms with van der Waals surface area (Å²) in [6, 6.07) is 0.751. The van der Waals surface area contributed by atoms with Crippen molar-refractivity contribution in [1.29, 1.82) is 5.26 Å². The van der Waals surface area contributed by atoms with E-state index in [0.29, 0.717) is 10.6 Å². The van der Waals surface area contributed by atoms with Crippen LogP contribution in [0.25, 0.3) is 0 Å². The van der Waals surface area contributed by atoms with Crippen LogP contribution in [0.1, 0.15) is 46.1 Å². The maximum absolute atomic E-state index is 13.1. The van der Waals surface area contributed by atoms with Crippen LogP contribution in [0.4, 0.5) is 5.00 Å². The molecular formula is C18H22N6O3S2. The van der Waals surface area contributed by atoms with Gasteiger partial charge in [-0.3, -0.25) is 9.48 Å². The number of thiophene rings is 1. The highest BCUT2D eigenvalue weighted by molar-refractivity contribution is 7.87. The molecule has 29 heavy (non-hydrogen) atoms. The van der Waals surface area contributed by atoms with Crippen LogP contribution in [-0.4, -0.2) is 41.5 Å². The summed E-state index contributed by atoms with van der Waals surface area (Å²) >= 11 is 1.42. The molecule has 9 nitrogen and oxygen atoms in total. The van der Waals surface area contributed by atoms with Gasteiger partial charge in [0, 0.05) is 30.2 Å². The van der Waals surface area contributed by atoms with Crippen molar-refractivity contribution in [3.8, 4) is 6.07 Å². The normalized spacial score (nSPS) is 23.5. The molecule has 1 aliphatic carbocycles. The van der Waals surface area contributed by atoms with Gasteiger partial charge in [-0.25, -0.2) is 0 Å². The molecule has 0 bridgehead atoms. The standard InChI is InChI=1S/C18H22N6O3S2/c1-10-13(9-20-23(10)2)14-7-15(24(3)29(26,27)22-14)17(25)21-18-12(8-19)11-5-4-6-16(11)28-18/h9,14-15,22H,4-7H2,1-3H3,(H,21,25)/t14-,15-/m1/s1. The van der Waals surface area contributed by atoms with E-state index in [1.807, 2.05) is 6.92 Å². The van der Waals surface area contributed by atoms with Crippen LogP contribution in [0.2, 0.25) is 0 Å². The number of rotatable bonds is 3. The number of anilines is 1. The lowest BCUT2D eigenvalue weighted by atomic mass is 10.00. The molecule has 2 aromatic heterocycles. The first kappa shape index (κ1) is 20.0. The Kier molecular flexibility index (Phi) is 4.98. The summed E-state index contributed by atoms with van der Waals surface area (Å²) in [6.07, 6.45) is 4.66. The van der Waals surface area contributed by atoms with Gasteiger partial charge in [0.2, 0.25) is 5.91 Å². The molecule has 1 aliphatic heterocycles. The SMILES string of the molecule is Cc1c([C@H]2C[C@H](C(=O)Nc3sc4c(c3C#N)CCC4)N(C)S(=O)(=O)N2)cnn1C. The zero-order chi connectivity index (χ0) is 20.9. The second kappa shape index (κ2) is 7.21. The third-order valence-corrected chi connectivity index (χ3v) is 8.59. The predicted octanol–water partition coefficient (Wildman–Crippen LogP) is 1.37. The summed E-state index contributed by atoms with van der Waals surface area (Å²) < 4.78 is 30.6. The summed E-state index contributed by atoms with van der Waals surface area (Å²) in [5.41, 5.74) is 3.11. The number of hydrogen-bond acceptors (Lipinski definition) is 6. The highest BCUT2D eigenvalue weighted by Gasteiger charge is 2.42. The minimum absolute atomic E-state index is 0.265. The van der Waals surface area contributed by atoms with E-state index >= 15 is 0 Å². The quantitative estimate of drug-likeness (QED) is 0.756. The molecule has 1 fully saturated rings. The van der Waals surface area contributed by atoms with Crippen LogP contribution >= 0.6 is 11.3 Å². The van der Waals surface area contributed by atoms with Crippen LogP contribution in [0.3, 0.4) is 0 Å². The Balaban J connectivity index is 1.62. The number of nitrogens with zero attached hydrogens (tertiary/aromatic N) is 4. The molecule has 2 N–H and O–H groups in total. The Morgan fingerprint density at radius 1 is 1.41 bits per heavy atom. The van der Waals surface area contributed by atoms with Crippen molar-refractivity contribution >= 4 is 32.5 Å². The molecule has 2 aromatic rings. The van der Waals surface area contributed by atoms with Crippen LogP contribution < -0.4 is 10.0 Å². The molecule has 0 aromatic carbocycles. The molecule has 3 heterocycles. The minimum Gasteiger partial charge on any atom is -0.315 e. The number of hydrogen-bond donors (Lipinski definition) is 2. The third-order valence-electron chi connectivity index (χ3n) is 5.79. The second-order valence-corrected chi connectivity index (χ2v) is 10.3. The van der Waals surface area contributed by atoms with E-state index in [1.54, 1.807) is 17.9 Å². The van der Waals surface area contributed by atoms with Crippen LogP contribution in [0, 0.1) is 18.3 Å². The lowest BCUT2D eigenvalue weighted by Gasteiger charge is -2.36. The van der Waals surface area contributed by atoms with Gasteiger partial charge in [0.05, 0.1) is 17.8 Å². The molecule has 0 spiro atoms. The monoisotopic (exact) mass is 434 g/mol. The highest BCUT2D eigenvalue weighted by atomic mass is 32.2. The molecule has 1 saturated heterocycles. The highest BCUT2D eigenvalue weighted by Crippen LogP contribution is 2.39.